The number of hydrazone groups is 1. The van der Waals surface area contributed by atoms with Crippen molar-refractivity contribution in [3.8, 4) is 0 Å². The van der Waals surface area contributed by atoms with Crippen LogP contribution in [0.25, 0.3) is 0 Å². The second-order valence-corrected chi connectivity index (χ2v) is 3.00. The van der Waals surface area contributed by atoms with Crippen LogP contribution in [0, 0.1) is 0 Å². The van der Waals surface area contributed by atoms with E-state index in [-0.39, 0.29) is 0 Å². The molecule has 1 unspecified atom stereocenters. The van der Waals surface area contributed by atoms with Gasteiger partial charge in [-0.2, -0.15) is 13.2 Å². The van der Waals surface area contributed by atoms with E-state index in [1.165, 1.54) is 18.5 Å². The van der Waals surface area contributed by atoms with Gasteiger partial charge in [-0.15, -0.1) is 5.10 Å². The first-order valence-corrected chi connectivity index (χ1v) is 4.17. The number of rotatable bonds is 1. The Hall–Kier alpha value is -1.72. The summed E-state index contributed by atoms with van der Waals surface area (Å²) in [6.07, 6.45) is -3.59. The Morgan fingerprint density at radius 2 is 1.87 bits per heavy atom. The van der Waals surface area contributed by atoms with Crippen molar-refractivity contribution in [2.45, 2.75) is 12.4 Å². The van der Waals surface area contributed by atoms with Gasteiger partial charge < -0.3 is 4.74 Å². The minimum Gasteiger partial charge on any atom is -0.453 e. The first kappa shape index (κ1) is 9.82. The van der Waals surface area contributed by atoms with Gasteiger partial charge in [0.1, 0.15) is 0 Å². The Bertz CT molecular complexity index is 364. The number of benzene rings is 1. The summed E-state index contributed by atoms with van der Waals surface area (Å²) in [4.78, 5) is 0. The van der Waals surface area contributed by atoms with Gasteiger partial charge in [0, 0.05) is 5.56 Å². The molecule has 1 aromatic rings. The number of nitrogens with one attached hydrogen (secondary N) is 1. The minimum atomic E-state index is -4.31. The lowest BCUT2D eigenvalue weighted by molar-refractivity contribution is -0.137. The van der Waals surface area contributed by atoms with Crippen LogP contribution >= 0.6 is 0 Å². The van der Waals surface area contributed by atoms with E-state index in [4.69, 9.17) is 4.74 Å². The molecule has 80 valence electrons. The maximum absolute atomic E-state index is 12.2. The molecular formula is C9H7F3N2O. The standard InChI is InChI=1S/C9H7F3N2O/c10-9(11,12)7-3-1-6(2-4-7)8-14-13-5-15-8/h1-5,8,14H. The third-order valence-electron chi connectivity index (χ3n) is 1.98. The first-order valence-electron chi connectivity index (χ1n) is 4.17. The van der Waals surface area contributed by atoms with Crippen molar-refractivity contribution >= 4 is 6.40 Å². The summed E-state index contributed by atoms with van der Waals surface area (Å²) in [6.45, 7) is 0. The summed E-state index contributed by atoms with van der Waals surface area (Å²) in [6, 6.07) is 4.74. The molecule has 0 aliphatic carbocycles. The fraction of sp³-hybridized carbons (Fsp3) is 0.222. The molecule has 1 heterocycles. The fourth-order valence-corrected chi connectivity index (χ4v) is 1.22. The van der Waals surface area contributed by atoms with Gasteiger partial charge in [0.2, 0.25) is 6.23 Å². The van der Waals surface area contributed by atoms with Crippen LogP contribution in [0.1, 0.15) is 17.4 Å². The smallest absolute Gasteiger partial charge is 0.416 e. The summed E-state index contributed by atoms with van der Waals surface area (Å²) < 4.78 is 41.7. The minimum absolute atomic E-state index is 0.493. The summed E-state index contributed by atoms with van der Waals surface area (Å²) in [5.74, 6) is 0. The molecule has 0 spiro atoms. The van der Waals surface area contributed by atoms with Crippen LogP contribution in [0.2, 0.25) is 0 Å². The van der Waals surface area contributed by atoms with E-state index in [0.717, 1.165) is 12.1 Å². The van der Waals surface area contributed by atoms with Crippen molar-refractivity contribution in [2.75, 3.05) is 0 Å². The molecule has 0 saturated carbocycles. The highest BCUT2D eigenvalue weighted by Gasteiger charge is 2.30. The molecule has 6 heteroatoms. The van der Waals surface area contributed by atoms with Gasteiger partial charge >= 0.3 is 6.18 Å². The Morgan fingerprint density at radius 1 is 1.20 bits per heavy atom. The molecular weight excluding hydrogens is 209 g/mol. The van der Waals surface area contributed by atoms with Gasteiger partial charge in [0.15, 0.2) is 6.40 Å². The van der Waals surface area contributed by atoms with Crippen LogP contribution in [-0.2, 0) is 10.9 Å². The van der Waals surface area contributed by atoms with Crippen molar-refractivity contribution in [3.05, 3.63) is 35.4 Å². The topological polar surface area (TPSA) is 33.6 Å². The molecule has 1 aliphatic heterocycles. The summed E-state index contributed by atoms with van der Waals surface area (Å²) in [5, 5.41) is 3.59. The van der Waals surface area contributed by atoms with Crippen LogP contribution in [0.4, 0.5) is 13.2 Å². The molecule has 1 N–H and O–H groups in total. The van der Waals surface area contributed by atoms with E-state index in [9.17, 15) is 13.2 Å². The average Bonchev–Trinajstić information content (AvgIpc) is 2.69. The average molecular weight is 216 g/mol. The molecule has 2 rings (SSSR count). The molecule has 0 radical (unpaired) electrons. The van der Waals surface area contributed by atoms with Crippen molar-refractivity contribution < 1.29 is 17.9 Å². The fourth-order valence-electron chi connectivity index (χ4n) is 1.22. The second kappa shape index (κ2) is 3.45. The van der Waals surface area contributed by atoms with Crippen molar-refractivity contribution in [2.24, 2.45) is 5.10 Å². The van der Waals surface area contributed by atoms with E-state index >= 15 is 0 Å². The van der Waals surface area contributed by atoms with Crippen molar-refractivity contribution in [1.29, 1.82) is 0 Å². The Morgan fingerprint density at radius 3 is 2.33 bits per heavy atom. The van der Waals surface area contributed by atoms with Gasteiger partial charge in [-0.3, -0.25) is 5.43 Å². The Kier molecular flexibility index (Phi) is 2.26. The first-order chi connectivity index (χ1) is 7.07. The third kappa shape index (κ3) is 2.03. The Labute approximate surface area is 83.5 Å². The van der Waals surface area contributed by atoms with E-state index in [0.29, 0.717) is 5.56 Å². The lowest BCUT2D eigenvalue weighted by Crippen LogP contribution is -2.12. The van der Waals surface area contributed by atoms with Crippen LogP contribution in [0.5, 0.6) is 0 Å². The Balaban J connectivity index is 2.17. The maximum Gasteiger partial charge on any atom is 0.416 e. The molecule has 0 fully saturated rings. The number of halogens is 3. The number of hydrogen-bond acceptors (Lipinski definition) is 3. The maximum atomic E-state index is 12.2. The molecule has 15 heavy (non-hydrogen) atoms. The van der Waals surface area contributed by atoms with Crippen LogP contribution in [0.15, 0.2) is 29.4 Å². The molecule has 1 atom stereocenters. The van der Waals surface area contributed by atoms with Gasteiger partial charge in [-0.1, -0.05) is 12.1 Å². The molecule has 0 amide bonds. The van der Waals surface area contributed by atoms with Crippen molar-refractivity contribution in [3.63, 3.8) is 0 Å². The SMILES string of the molecule is FC(F)(F)c1ccc(C2NN=CO2)cc1. The molecule has 0 saturated heterocycles. The number of hydrogen-bond donors (Lipinski definition) is 1. The highest BCUT2D eigenvalue weighted by atomic mass is 19.4. The molecule has 3 nitrogen and oxygen atoms in total. The quantitative estimate of drug-likeness (QED) is 0.781. The molecule has 1 aromatic carbocycles. The normalized spacial score (nSPS) is 19.8. The zero-order valence-electron chi connectivity index (χ0n) is 7.45. The van der Waals surface area contributed by atoms with Gasteiger partial charge in [-0.25, -0.2) is 0 Å². The van der Waals surface area contributed by atoms with Gasteiger partial charge in [-0.05, 0) is 12.1 Å². The lowest BCUT2D eigenvalue weighted by Gasteiger charge is -2.11. The third-order valence-corrected chi connectivity index (χ3v) is 1.98. The highest BCUT2D eigenvalue weighted by Crippen LogP contribution is 2.30. The van der Waals surface area contributed by atoms with Crippen LogP contribution in [-0.4, -0.2) is 6.40 Å². The van der Waals surface area contributed by atoms with E-state index in [2.05, 4.69) is 10.5 Å². The summed E-state index contributed by atoms with van der Waals surface area (Å²) >= 11 is 0. The van der Waals surface area contributed by atoms with E-state index < -0.39 is 18.0 Å². The summed E-state index contributed by atoms with van der Waals surface area (Å²) in [5.41, 5.74) is 2.52. The molecule has 0 bridgehead atoms. The highest BCUT2D eigenvalue weighted by molar-refractivity contribution is 5.48. The summed E-state index contributed by atoms with van der Waals surface area (Å²) in [7, 11) is 0. The van der Waals surface area contributed by atoms with E-state index in [1.807, 2.05) is 0 Å². The zero-order chi connectivity index (χ0) is 10.9. The van der Waals surface area contributed by atoms with Crippen LogP contribution < -0.4 is 5.43 Å². The predicted molar refractivity (Wildman–Crippen MR) is 46.9 cm³/mol. The van der Waals surface area contributed by atoms with Crippen LogP contribution in [0.3, 0.4) is 0 Å². The predicted octanol–water partition coefficient (Wildman–Crippen LogP) is 2.27. The zero-order valence-corrected chi connectivity index (χ0v) is 7.45. The van der Waals surface area contributed by atoms with Gasteiger partial charge in [0.25, 0.3) is 0 Å². The second-order valence-electron chi connectivity index (χ2n) is 3.00. The van der Waals surface area contributed by atoms with Crippen molar-refractivity contribution in [1.82, 2.24) is 5.43 Å². The lowest BCUT2D eigenvalue weighted by atomic mass is 10.1. The molecule has 1 aliphatic rings. The number of nitrogens with zero attached hydrogens (tertiary/aromatic N) is 1. The monoisotopic (exact) mass is 216 g/mol. The van der Waals surface area contributed by atoms with E-state index in [1.54, 1.807) is 0 Å². The largest absolute Gasteiger partial charge is 0.453 e. The number of alkyl halides is 3. The number of ether oxygens (including phenoxy) is 1. The molecule has 0 aromatic heterocycles. The van der Waals surface area contributed by atoms with Gasteiger partial charge in [0.05, 0.1) is 5.56 Å².